The second kappa shape index (κ2) is 12.0. The van der Waals surface area contributed by atoms with Gasteiger partial charge in [0, 0.05) is 6.04 Å². The van der Waals surface area contributed by atoms with Crippen molar-refractivity contribution < 1.29 is 0 Å². The molecule has 1 aliphatic rings. The van der Waals surface area contributed by atoms with Crippen LogP contribution in [0.5, 0.6) is 0 Å². The first kappa shape index (κ1) is 14.9. The van der Waals surface area contributed by atoms with Crippen LogP contribution < -0.4 is 11.5 Å². The van der Waals surface area contributed by atoms with E-state index >= 15 is 0 Å². The number of hydrogen-bond donors (Lipinski definition) is 2. The van der Waals surface area contributed by atoms with Gasteiger partial charge in [-0.25, -0.2) is 0 Å². The maximum atomic E-state index is 5.39. The molecule has 2 heteroatoms. The summed E-state index contributed by atoms with van der Waals surface area (Å²) in [6.07, 6.45) is 13.5. The second-order valence-corrected chi connectivity index (χ2v) is 4.60. The second-order valence-electron chi connectivity index (χ2n) is 4.60. The fraction of sp³-hybridized carbons (Fsp3) is 1.00. The van der Waals surface area contributed by atoms with E-state index in [2.05, 4.69) is 6.92 Å². The quantitative estimate of drug-likeness (QED) is 0.610. The third-order valence-corrected chi connectivity index (χ3v) is 2.68. The van der Waals surface area contributed by atoms with Gasteiger partial charge in [-0.2, -0.15) is 0 Å². The normalized spacial score (nSPS) is 14.6. The molecule has 0 unspecified atom stereocenters. The zero-order valence-corrected chi connectivity index (χ0v) is 10.5. The van der Waals surface area contributed by atoms with Gasteiger partial charge < -0.3 is 11.5 Å². The molecule has 2 nitrogen and oxygen atoms in total. The third kappa shape index (κ3) is 16.6. The summed E-state index contributed by atoms with van der Waals surface area (Å²) in [7, 11) is 0. The van der Waals surface area contributed by atoms with Gasteiger partial charge in [-0.05, 0) is 25.8 Å². The molecule has 1 saturated carbocycles. The van der Waals surface area contributed by atoms with Crippen LogP contribution in [0.15, 0.2) is 0 Å². The summed E-state index contributed by atoms with van der Waals surface area (Å²) in [5.41, 5.74) is 10.6. The summed E-state index contributed by atoms with van der Waals surface area (Å²) in [4.78, 5) is 0. The summed E-state index contributed by atoms with van der Waals surface area (Å²) in [6, 6.07) is 0.583. The molecule has 92 valence electrons. The summed E-state index contributed by atoms with van der Waals surface area (Å²) < 4.78 is 0. The van der Waals surface area contributed by atoms with Crippen molar-refractivity contribution in [3.05, 3.63) is 0 Å². The minimum absolute atomic E-state index is 0.583. The Balaban J connectivity index is 0.000000401. The lowest BCUT2D eigenvalue weighted by atomic mass is 10.1. The topological polar surface area (TPSA) is 52.0 Å². The average Bonchev–Trinajstić information content (AvgIpc) is 3.01. The number of nitrogens with two attached hydrogens (primary N) is 2. The third-order valence-electron chi connectivity index (χ3n) is 2.68. The summed E-state index contributed by atoms with van der Waals surface area (Å²) in [5.74, 6) is 0. The molecule has 15 heavy (non-hydrogen) atoms. The highest BCUT2D eigenvalue weighted by Gasteiger charge is 2.13. The highest BCUT2D eigenvalue weighted by Crippen LogP contribution is 2.13. The lowest BCUT2D eigenvalue weighted by molar-refractivity contribution is 0.578. The molecule has 0 heterocycles. The summed E-state index contributed by atoms with van der Waals surface area (Å²) in [6.45, 7) is 3.13. The molecule has 0 radical (unpaired) electrons. The Bertz CT molecular complexity index is 103. The Labute approximate surface area is 95.8 Å². The van der Waals surface area contributed by atoms with Gasteiger partial charge >= 0.3 is 0 Å². The van der Waals surface area contributed by atoms with E-state index in [4.69, 9.17) is 11.5 Å². The molecule has 0 aromatic rings. The Hall–Kier alpha value is -0.0800. The fourth-order valence-corrected chi connectivity index (χ4v) is 1.37. The molecule has 4 N–H and O–H groups in total. The van der Waals surface area contributed by atoms with E-state index in [-0.39, 0.29) is 0 Å². The van der Waals surface area contributed by atoms with E-state index in [1.807, 2.05) is 0 Å². The van der Waals surface area contributed by atoms with Crippen LogP contribution in [0.25, 0.3) is 0 Å². The van der Waals surface area contributed by atoms with Gasteiger partial charge in [-0.3, -0.25) is 0 Å². The van der Waals surface area contributed by atoms with Gasteiger partial charge in [0.05, 0.1) is 0 Å². The minimum Gasteiger partial charge on any atom is -0.330 e. The first-order valence-corrected chi connectivity index (χ1v) is 6.77. The van der Waals surface area contributed by atoms with E-state index in [9.17, 15) is 0 Å². The van der Waals surface area contributed by atoms with Crippen molar-refractivity contribution in [1.29, 1.82) is 0 Å². The first-order chi connectivity index (χ1) is 7.31. The standard InChI is InChI=1S/C10H23N.C3H7N/c1-2-3-4-5-6-7-8-9-10-11;4-3-1-2-3/h2-11H2,1H3;3H,1-2,4H2. The van der Waals surface area contributed by atoms with E-state index in [0.717, 1.165) is 6.54 Å². The van der Waals surface area contributed by atoms with Crippen LogP contribution in [-0.4, -0.2) is 12.6 Å². The SMILES string of the molecule is CCCCCCCCCCN.NC1CC1. The van der Waals surface area contributed by atoms with Gasteiger partial charge in [-0.1, -0.05) is 51.9 Å². The zero-order chi connectivity index (χ0) is 11.4. The lowest BCUT2D eigenvalue weighted by Crippen LogP contribution is -1.97. The zero-order valence-electron chi connectivity index (χ0n) is 10.5. The average molecular weight is 214 g/mol. The fourth-order valence-electron chi connectivity index (χ4n) is 1.37. The smallest absolute Gasteiger partial charge is 0.00399 e. The summed E-state index contributed by atoms with van der Waals surface area (Å²) >= 11 is 0. The molecule has 0 aromatic carbocycles. The molecule has 0 spiro atoms. The molecular weight excluding hydrogens is 184 g/mol. The maximum absolute atomic E-state index is 5.39. The Kier molecular flexibility index (Phi) is 11.9. The number of unbranched alkanes of at least 4 members (excludes halogenated alkanes) is 7. The van der Waals surface area contributed by atoms with Crippen LogP contribution >= 0.6 is 0 Å². The molecule has 1 aliphatic carbocycles. The highest BCUT2D eigenvalue weighted by atomic mass is 14.7. The predicted octanol–water partition coefficient (Wildman–Crippen LogP) is 3.19. The van der Waals surface area contributed by atoms with Crippen molar-refractivity contribution in [2.24, 2.45) is 11.5 Å². The van der Waals surface area contributed by atoms with Crippen LogP contribution in [0.1, 0.15) is 71.1 Å². The minimum atomic E-state index is 0.583. The number of rotatable bonds is 8. The predicted molar refractivity (Wildman–Crippen MR) is 68.9 cm³/mol. The number of hydrogen-bond acceptors (Lipinski definition) is 2. The molecule has 0 bridgehead atoms. The molecule has 0 aromatic heterocycles. The maximum Gasteiger partial charge on any atom is 0.00399 e. The van der Waals surface area contributed by atoms with Crippen molar-refractivity contribution in [2.45, 2.75) is 77.2 Å². The molecule has 0 atom stereocenters. The first-order valence-electron chi connectivity index (χ1n) is 6.77. The van der Waals surface area contributed by atoms with E-state index in [1.54, 1.807) is 0 Å². The summed E-state index contributed by atoms with van der Waals surface area (Å²) in [5, 5.41) is 0. The van der Waals surface area contributed by atoms with Gasteiger partial charge in [0.2, 0.25) is 0 Å². The van der Waals surface area contributed by atoms with Gasteiger partial charge in [-0.15, -0.1) is 0 Å². The van der Waals surface area contributed by atoms with Crippen LogP contribution in [0, 0.1) is 0 Å². The van der Waals surface area contributed by atoms with Crippen LogP contribution in [-0.2, 0) is 0 Å². The van der Waals surface area contributed by atoms with Crippen molar-refractivity contribution in [2.75, 3.05) is 6.54 Å². The molecule has 0 saturated heterocycles. The molecule has 0 aliphatic heterocycles. The Morgan fingerprint density at radius 1 is 0.867 bits per heavy atom. The highest BCUT2D eigenvalue weighted by molar-refractivity contribution is 4.75. The van der Waals surface area contributed by atoms with Gasteiger partial charge in [0.15, 0.2) is 0 Å². The molecule has 1 fully saturated rings. The van der Waals surface area contributed by atoms with Crippen molar-refractivity contribution in [3.8, 4) is 0 Å². The van der Waals surface area contributed by atoms with Gasteiger partial charge in [0.1, 0.15) is 0 Å². The van der Waals surface area contributed by atoms with Crippen molar-refractivity contribution in [3.63, 3.8) is 0 Å². The Morgan fingerprint density at radius 3 is 1.60 bits per heavy atom. The van der Waals surface area contributed by atoms with Crippen LogP contribution in [0.4, 0.5) is 0 Å². The van der Waals surface area contributed by atoms with Crippen molar-refractivity contribution >= 4 is 0 Å². The van der Waals surface area contributed by atoms with Crippen LogP contribution in [0.3, 0.4) is 0 Å². The molecule has 0 amide bonds. The lowest BCUT2D eigenvalue weighted by Gasteiger charge is -1.99. The molecular formula is C13H30N2. The van der Waals surface area contributed by atoms with Crippen molar-refractivity contribution in [1.82, 2.24) is 0 Å². The van der Waals surface area contributed by atoms with E-state index in [1.165, 1.54) is 64.2 Å². The van der Waals surface area contributed by atoms with Gasteiger partial charge in [0.25, 0.3) is 0 Å². The van der Waals surface area contributed by atoms with E-state index in [0.29, 0.717) is 6.04 Å². The molecule has 1 rings (SSSR count). The largest absolute Gasteiger partial charge is 0.330 e. The van der Waals surface area contributed by atoms with E-state index < -0.39 is 0 Å². The Morgan fingerprint density at radius 2 is 1.27 bits per heavy atom. The monoisotopic (exact) mass is 214 g/mol. The van der Waals surface area contributed by atoms with Crippen LogP contribution in [0.2, 0.25) is 0 Å².